The number of hydrogen-bond acceptors (Lipinski definition) is 7. The van der Waals surface area contributed by atoms with E-state index in [1.807, 2.05) is 0 Å². The van der Waals surface area contributed by atoms with Crippen LogP contribution >= 0.6 is 11.6 Å². The van der Waals surface area contributed by atoms with Crippen molar-refractivity contribution in [3.63, 3.8) is 0 Å². The van der Waals surface area contributed by atoms with E-state index in [9.17, 15) is 27.9 Å². The Labute approximate surface area is 215 Å². The molecule has 3 aromatic rings. The predicted octanol–water partition coefficient (Wildman–Crippen LogP) is 3.91. The van der Waals surface area contributed by atoms with Crippen molar-refractivity contribution >= 4 is 35.2 Å². The third-order valence-electron chi connectivity index (χ3n) is 5.05. The second kappa shape index (κ2) is 12.0. The Morgan fingerprint density at radius 1 is 1.19 bits per heavy atom. The second-order valence-corrected chi connectivity index (χ2v) is 8.24. The minimum Gasteiger partial charge on any atom is -0.447 e. The number of amides is 2. The van der Waals surface area contributed by atoms with Crippen molar-refractivity contribution in [2.24, 2.45) is 5.73 Å². The fourth-order valence-corrected chi connectivity index (χ4v) is 3.27. The molecule has 0 radical (unpaired) electrons. The summed E-state index contributed by atoms with van der Waals surface area (Å²) in [5.74, 6) is -0.814. The molecule has 0 saturated heterocycles. The van der Waals surface area contributed by atoms with E-state index in [2.05, 4.69) is 15.3 Å². The van der Waals surface area contributed by atoms with E-state index in [1.165, 1.54) is 13.1 Å². The lowest BCUT2D eigenvalue weighted by Gasteiger charge is -2.21. The largest absolute Gasteiger partial charge is 0.447 e. The smallest absolute Gasteiger partial charge is 0.421 e. The molecule has 2 atom stereocenters. The van der Waals surface area contributed by atoms with Gasteiger partial charge in [-0.2, -0.15) is 13.2 Å². The summed E-state index contributed by atoms with van der Waals surface area (Å²) < 4.78 is 44.4. The number of carbonyl (C=O) groups excluding carboxylic acids is 2. The number of benzene rings is 2. The Hall–Kier alpha value is -3.74. The zero-order chi connectivity index (χ0) is 27.2. The molecule has 2 unspecified atom stereocenters. The Morgan fingerprint density at radius 2 is 1.89 bits per heavy atom. The highest BCUT2D eigenvalue weighted by molar-refractivity contribution is 6.30. The summed E-state index contributed by atoms with van der Waals surface area (Å²) in [6.07, 6.45) is -5.28. The van der Waals surface area contributed by atoms with E-state index < -0.39 is 35.9 Å². The molecule has 37 heavy (non-hydrogen) atoms. The highest BCUT2D eigenvalue weighted by atomic mass is 35.5. The van der Waals surface area contributed by atoms with Gasteiger partial charge in [0.25, 0.3) is 0 Å². The fraction of sp³-hybridized carbons (Fsp3) is 0.250. The molecule has 9 nitrogen and oxygen atoms in total. The Morgan fingerprint density at radius 3 is 2.51 bits per heavy atom. The number of aliphatic hydroxyl groups excluding tert-OH is 1. The maximum absolute atomic E-state index is 13.1. The number of anilines is 2. The van der Waals surface area contributed by atoms with Gasteiger partial charge in [0.2, 0.25) is 11.9 Å². The van der Waals surface area contributed by atoms with Crippen molar-refractivity contribution in [3.05, 3.63) is 71.4 Å². The first kappa shape index (κ1) is 27.8. The minimum atomic E-state index is -4.57. The molecule has 0 fully saturated rings. The molecule has 0 saturated carbocycles. The minimum absolute atomic E-state index is 0.0152. The molecule has 2 aromatic carbocycles. The zero-order valence-electron chi connectivity index (χ0n) is 19.4. The van der Waals surface area contributed by atoms with E-state index in [-0.39, 0.29) is 24.8 Å². The highest BCUT2D eigenvalue weighted by Crippen LogP contribution is 2.32. The number of alkyl halides is 3. The lowest BCUT2D eigenvalue weighted by atomic mass is 10.1. The van der Waals surface area contributed by atoms with Crippen LogP contribution in [0.5, 0.6) is 0 Å². The van der Waals surface area contributed by atoms with Crippen LogP contribution in [0.4, 0.5) is 29.6 Å². The van der Waals surface area contributed by atoms with Gasteiger partial charge in [0.05, 0.1) is 29.6 Å². The normalized spacial score (nSPS) is 12.9. The molecular formula is C24H23ClF3N5O4. The van der Waals surface area contributed by atoms with Gasteiger partial charge in [-0.15, -0.1) is 0 Å². The summed E-state index contributed by atoms with van der Waals surface area (Å²) in [5.41, 5.74) is 5.66. The van der Waals surface area contributed by atoms with E-state index in [0.29, 0.717) is 16.3 Å². The molecule has 0 aliphatic rings. The first-order valence-electron chi connectivity index (χ1n) is 10.9. The molecule has 1 aromatic heterocycles. The van der Waals surface area contributed by atoms with Gasteiger partial charge < -0.3 is 20.9 Å². The molecule has 0 aliphatic heterocycles. The highest BCUT2D eigenvalue weighted by Gasteiger charge is 2.31. The third kappa shape index (κ3) is 7.38. The van der Waals surface area contributed by atoms with E-state index in [1.54, 1.807) is 30.3 Å². The lowest BCUT2D eigenvalue weighted by Crippen LogP contribution is -2.48. The third-order valence-corrected chi connectivity index (χ3v) is 5.28. The van der Waals surface area contributed by atoms with E-state index in [0.717, 1.165) is 29.2 Å². The van der Waals surface area contributed by atoms with Gasteiger partial charge in [-0.05, 0) is 49.4 Å². The van der Waals surface area contributed by atoms with Crippen LogP contribution in [0.1, 0.15) is 12.5 Å². The van der Waals surface area contributed by atoms with Crippen molar-refractivity contribution in [1.29, 1.82) is 0 Å². The summed E-state index contributed by atoms with van der Waals surface area (Å²) in [6, 6.07) is 11.0. The maximum atomic E-state index is 13.1. The SMILES string of the molecule is CC(O)C(N)C(=O)NCCOC(=O)N(c1ccc(C(F)(F)F)cc1)c1nccc(-c2cccc(Cl)c2)n1. The summed E-state index contributed by atoms with van der Waals surface area (Å²) in [5, 5.41) is 12.2. The molecule has 1 heterocycles. The van der Waals surface area contributed by atoms with Gasteiger partial charge in [0.1, 0.15) is 12.6 Å². The number of ether oxygens (including phenoxy) is 1. The first-order valence-corrected chi connectivity index (χ1v) is 11.3. The summed E-state index contributed by atoms with van der Waals surface area (Å²) in [7, 11) is 0. The van der Waals surface area contributed by atoms with Gasteiger partial charge in [-0.25, -0.2) is 19.7 Å². The fourth-order valence-electron chi connectivity index (χ4n) is 3.08. The second-order valence-electron chi connectivity index (χ2n) is 7.80. The molecule has 0 spiro atoms. The Kier molecular flexibility index (Phi) is 9.03. The lowest BCUT2D eigenvalue weighted by molar-refractivity contribution is -0.137. The number of nitrogens with zero attached hydrogens (tertiary/aromatic N) is 3. The maximum Gasteiger partial charge on any atom is 0.421 e. The predicted molar refractivity (Wildman–Crippen MR) is 130 cm³/mol. The van der Waals surface area contributed by atoms with Crippen molar-refractivity contribution < 1.29 is 32.6 Å². The van der Waals surface area contributed by atoms with Gasteiger partial charge in [0, 0.05) is 16.8 Å². The van der Waals surface area contributed by atoms with Gasteiger partial charge in [-0.3, -0.25) is 4.79 Å². The molecule has 0 bridgehead atoms. The zero-order valence-corrected chi connectivity index (χ0v) is 20.2. The van der Waals surface area contributed by atoms with Crippen LogP contribution in [-0.4, -0.2) is 52.4 Å². The van der Waals surface area contributed by atoms with Crippen molar-refractivity contribution in [2.75, 3.05) is 18.1 Å². The van der Waals surface area contributed by atoms with Gasteiger partial charge >= 0.3 is 12.3 Å². The molecule has 13 heteroatoms. The van der Waals surface area contributed by atoms with Crippen LogP contribution < -0.4 is 16.0 Å². The first-order chi connectivity index (χ1) is 17.5. The Balaban J connectivity index is 1.86. The number of hydrogen-bond donors (Lipinski definition) is 3. The Bertz CT molecular complexity index is 1240. The molecule has 3 rings (SSSR count). The van der Waals surface area contributed by atoms with Crippen LogP contribution in [0.3, 0.4) is 0 Å². The average molecular weight is 538 g/mol. The van der Waals surface area contributed by atoms with E-state index >= 15 is 0 Å². The van der Waals surface area contributed by atoms with Crippen molar-refractivity contribution in [1.82, 2.24) is 15.3 Å². The number of rotatable bonds is 8. The summed E-state index contributed by atoms with van der Waals surface area (Å²) in [6.45, 7) is 0.918. The number of halogens is 4. The van der Waals surface area contributed by atoms with Crippen molar-refractivity contribution in [2.45, 2.75) is 25.2 Å². The van der Waals surface area contributed by atoms with Crippen LogP contribution in [0.15, 0.2) is 60.8 Å². The number of nitrogens with one attached hydrogen (secondary N) is 1. The number of carbonyl (C=O) groups is 2. The monoisotopic (exact) mass is 537 g/mol. The number of nitrogens with two attached hydrogens (primary N) is 1. The van der Waals surface area contributed by atoms with Crippen LogP contribution in [-0.2, 0) is 15.7 Å². The van der Waals surface area contributed by atoms with Crippen LogP contribution in [0, 0.1) is 0 Å². The molecular weight excluding hydrogens is 515 g/mol. The topological polar surface area (TPSA) is 131 Å². The number of aromatic nitrogens is 2. The molecule has 0 aliphatic carbocycles. The molecule has 2 amide bonds. The molecule has 4 N–H and O–H groups in total. The van der Waals surface area contributed by atoms with E-state index in [4.69, 9.17) is 22.1 Å². The average Bonchev–Trinajstić information content (AvgIpc) is 2.86. The summed E-state index contributed by atoms with van der Waals surface area (Å²) in [4.78, 5) is 34.2. The van der Waals surface area contributed by atoms with Crippen LogP contribution in [0.25, 0.3) is 11.3 Å². The summed E-state index contributed by atoms with van der Waals surface area (Å²) >= 11 is 6.05. The standard InChI is InChI=1S/C24H23ClF3N5O4/c1-14(34)20(29)21(35)30-11-12-37-23(36)33(18-7-5-16(6-8-18)24(26,27)28)22-31-10-9-19(32-22)15-3-2-4-17(25)13-15/h2-10,13-14,20,34H,11-12,29H2,1H3,(H,30,35). The van der Waals surface area contributed by atoms with Gasteiger partial charge in [-0.1, -0.05) is 23.7 Å². The number of aliphatic hydroxyl groups is 1. The molecule has 196 valence electrons. The van der Waals surface area contributed by atoms with Crippen LogP contribution in [0.2, 0.25) is 5.02 Å². The van der Waals surface area contributed by atoms with Gasteiger partial charge in [0.15, 0.2) is 0 Å². The van der Waals surface area contributed by atoms with Crippen molar-refractivity contribution in [3.8, 4) is 11.3 Å². The quantitative estimate of drug-likeness (QED) is 0.371.